The number of thioether (sulfide) groups is 1. The zero-order valence-corrected chi connectivity index (χ0v) is 20.8. The quantitative estimate of drug-likeness (QED) is 0.269. The van der Waals surface area contributed by atoms with Crippen LogP contribution in [0.4, 0.5) is 8.78 Å². The Morgan fingerprint density at radius 3 is 2.05 bits per heavy atom. The number of nitrogens with zero attached hydrogens (tertiary/aromatic N) is 2. The topological polar surface area (TPSA) is 49.7 Å². The lowest BCUT2D eigenvalue weighted by Crippen LogP contribution is -2.23. The van der Waals surface area contributed by atoms with E-state index in [0.29, 0.717) is 32.3 Å². The van der Waals surface area contributed by atoms with E-state index in [1.54, 1.807) is 12.1 Å². The second-order valence-electron chi connectivity index (χ2n) is 8.89. The van der Waals surface area contributed by atoms with Crippen LogP contribution in [-0.2, 0) is 4.79 Å². The Balaban J connectivity index is 1.59. The second-order valence-corrected chi connectivity index (χ2v) is 9.87. The number of ketones is 1. The monoisotopic (exact) mass is 514 g/mol. The molecule has 186 valence electrons. The molecule has 3 aromatic carbocycles. The van der Waals surface area contributed by atoms with E-state index in [1.165, 1.54) is 48.2 Å². The molecule has 2 heterocycles. The highest BCUT2D eigenvalue weighted by atomic mass is 32.2. The number of hydrogen-bond acceptors (Lipinski definition) is 4. The Bertz CT molecular complexity index is 1410. The third kappa shape index (κ3) is 5.78. The van der Waals surface area contributed by atoms with Crippen LogP contribution in [0.1, 0.15) is 40.7 Å². The summed E-state index contributed by atoms with van der Waals surface area (Å²) < 4.78 is 27.2. The Labute approximate surface area is 218 Å². The molecule has 1 saturated heterocycles. The summed E-state index contributed by atoms with van der Waals surface area (Å²) in [5, 5.41) is 0.675. The second kappa shape index (κ2) is 11.0. The number of allylic oxidation sites excluding steroid dienone is 3. The van der Waals surface area contributed by atoms with Gasteiger partial charge in [-0.05, 0) is 83.8 Å². The van der Waals surface area contributed by atoms with Gasteiger partial charge in [0.1, 0.15) is 11.6 Å². The molecule has 4 nitrogen and oxygen atoms in total. The average Bonchev–Trinajstić information content (AvgIpc) is 3.58. The number of carbonyl (C=O) groups is 2. The first kappa shape index (κ1) is 24.8. The van der Waals surface area contributed by atoms with Crippen LogP contribution in [0, 0.1) is 11.6 Å². The van der Waals surface area contributed by atoms with E-state index in [-0.39, 0.29) is 23.9 Å². The molecular weight excluding hydrogens is 490 g/mol. The number of rotatable bonds is 6. The van der Waals surface area contributed by atoms with Gasteiger partial charge in [0, 0.05) is 30.6 Å². The molecule has 2 aliphatic heterocycles. The van der Waals surface area contributed by atoms with Gasteiger partial charge in [0.25, 0.3) is 5.91 Å². The molecule has 0 radical (unpaired) electrons. The van der Waals surface area contributed by atoms with Crippen LogP contribution in [0.15, 0.2) is 94.8 Å². The number of carbonyl (C=O) groups excluding carboxylic acids is 2. The lowest BCUT2D eigenvalue weighted by Gasteiger charge is -2.16. The van der Waals surface area contributed by atoms with Crippen LogP contribution in [0.2, 0.25) is 0 Å². The number of amides is 1. The van der Waals surface area contributed by atoms with E-state index < -0.39 is 5.82 Å². The van der Waals surface area contributed by atoms with Crippen molar-refractivity contribution < 1.29 is 18.4 Å². The van der Waals surface area contributed by atoms with Crippen LogP contribution in [0.3, 0.4) is 0 Å². The molecule has 37 heavy (non-hydrogen) atoms. The molecule has 0 N–H and O–H groups in total. The SMILES string of the molecule is O=C1N=C(N2CCCC2)S/C1=C(/C=C(/CC(=O)c1ccc(F)cc1)c1ccccc1)c1ccc(F)cc1. The van der Waals surface area contributed by atoms with Crippen molar-refractivity contribution in [1.82, 2.24) is 4.90 Å². The fourth-order valence-electron chi connectivity index (χ4n) is 4.39. The molecular formula is C30H24F2N2O2S. The first-order valence-electron chi connectivity index (χ1n) is 12.1. The lowest BCUT2D eigenvalue weighted by atomic mass is 9.93. The molecule has 1 amide bonds. The summed E-state index contributed by atoms with van der Waals surface area (Å²) in [5.74, 6) is -1.33. The van der Waals surface area contributed by atoms with Crippen molar-refractivity contribution in [3.63, 3.8) is 0 Å². The van der Waals surface area contributed by atoms with Gasteiger partial charge in [-0.15, -0.1) is 0 Å². The van der Waals surface area contributed by atoms with Crippen molar-refractivity contribution in [1.29, 1.82) is 0 Å². The fraction of sp³-hybridized carbons (Fsp3) is 0.167. The van der Waals surface area contributed by atoms with E-state index >= 15 is 0 Å². The van der Waals surface area contributed by atoms with Crippen LogP contribution >= 0.6 is 11.8 Å². The number of benzene rings is 3. The summed E-state index contributed by atoms with van der Waals surface area (Å²) in [4.78, 5) is 33.2. The normalized spacial score (nSPS) is 17.2. The molecule has 3 aromatic rings. The van der Waals surface area contributed by atoms with Crippen molar-refractivity contribution in [2.75, 3.05) is 13.1 Å². The minimum atomic E-state index is -0.413. The summed E-state index contributed by atoms with van der Waals surface area (Å²) in [7, 11) is 0. The first-order valence-corrected chi connectivity index (χ1v) is 12.9. The summed E-state index contributed by atoms with van der Waals surface area (Å²) in [6.07, 6.45) is 3.97. The number of aliphatic imine (C=N–C) groups is 1. The van der Waals surface area contributed by atoms with Gasteiger partial charge in [0.05, 0.1) is 4.91 Å². The molecule has 0 spiro atoms. The average molecular weight is 515 g/mol. The van der Waals surface area contributed by atoms with E-state index in [1.807, 2.05) is 36.4 Å². The third-order valence-corrected chi connectivity index (χ3v) is 7.47. The van der Waals surface area contributed by atoms with Crippen molar-refractivity contribution in [3.05, 3.63) is 118 Å². The van der Waals surface area contributed by atoms with Gasteiger partial charge in [-0.2, -0.15) is 4.99 Å². The first-order chi connectivity index (χ1) is 18.0. The highest BCUT2D eigenvalue weighted by Crippen LogP contribution is 2.38. The summed E-state index contributed by atoms with van der Waals surface area (Å²) >= 11 is 1.32. The molecule has 2 aliphatic rings. The summed E-state index contributed by atoms with van der Waals surface area (Å²) in [6.45, 7) is 1.71. The minimum Gasteiger partial charge on any atom is -0.351 e. The molecule has 1 fully saturated rings. The molecule has 0 aliphatic carbocycles. The number of amidine groups is 1. The molecule has 7 heteroatoms. The Hall–Kier alpha value is -3.84. The van der Waals surface area contributed by atoms with Crippen LogP contribution in [0.25, 0.3) is 11.1 Å². The highest BCUT2D eigenvalue weighted by Gasteiger charge is 2.30. The van der Waals surface area contributed by atoms with E-state index in [2.05, 4.69) is 9.89 Å². The Morgan fingerprint density at radius 2 is 1.43 bits per heavy atom. The molecule has 0 aromatic heterocycles. The number of halogens is 2. The Kier molecular flexibility index (Phi) is 7.42. The predicted molar refractivity (Wildman–Crippen MR) is 144 cm³/mol. The fourth-order valence-corrected chi connectivity index (χ4v) is 5.43. The predicted octanol–water partition coefficient (Wildman–Crippen LogP) is 6.76. The highest BCUT2D eigenvalue weighted by molar-refractivity contribution is 8.18. The number of likely N-dealkylation sites (tertiary alicyclic amines) is 1. The molecule has 0 saturated carbocycles. The minimum absolute atomic E-state index is 0.0340. The number of Topliss-reactive ketones (excluding diaryl/α,β-unsaturated/α-hetero) is 1. The van der Waals surface area contributed by atoms with Gasteiger partial charge in [-0.1, -0.05) is 42.5 Å². The summed E-state index contributed by atoms with van der Waals surface area (Å²) in [5.41, 5.74) is 3.13. The van der Waals surface area contributed by atoms with Gasteiger partial charge in [-0.3, -0.25) is 9.59 Å². The lowest BCUT2D eigenvalue weighted by molar-refractivity contribution is -0.113. The van der Waals surface area contributed by atoms with Crippen LogP contribution in [0.5, 0.6) is 0 Å². The molecule has 0 bridgehead atoms. The van der Waals surface area contributed by atoms with Crippen molar-refractivity contribution in [3.8, 4) is 0 Å². The van der Waals surface area contributed by atoms with Crippen LogP contribution < -0.4 is 0 Å². The zero-order chi connectivity index (χ0) is 25.8. The van der Waals surface area contributed by atoms with E-state index in [0.717, 1.165) is 31.5 Å². The van der Waals surface area contributed by atoms with Crippen LogP contribution in [-0.4, -0.2) is 34.8 Å². The number of hydrogen-bond donors (Lipinski definition) is 0. The zero-order valence-electron chi connectivity index (χ0n) is 20.0. The Morgan fingerprint density at radius 1 is 0.838 bits per heavy atom. The summed E-state index contributed by atoms with van der Waals surface area (Å²) in [6, 6.07) is 20.8. The van der Waals surface area contributed by atoms with Gasteiger partial charge >= 0.3 is 0 Å². The maximum Gasteiger partial charge on any atom is 0.286 e. The van der Waals surface area contributed by atoms with Gasteiger partial charge < -0.3 is 4.90 Å². The van der Waals surface area contributed by atoms with Gasteiger partial charge in [0.2, 0.25) is 0 Å². The van der Waals surface area contributed by atoms with Crippen molar-refractivity contribution >= 4 is 39.8 Å². The molecule has 0 atom stereocenters. The standard InChI is InChI=1S/C30H24F2N2O2S/c31-24-12-8-21(9-13-24)26(28-29(36)33-30(37-28)34-16-4-5-17-34)18-23(20-6-2-1-3-7-20)19-27(35)22-10-14-25(32)15-11-22/h1-3,6-15,18H,4-5,16-17,19H2/b23-18-,28-26-. The molecule has 5 rings (SSSR count). The van der Waals surface area contributed by atoms with E-state index in [4.69, 9.17) is 0 Å². The van der Waals surface area contributed by atoms with Crippen molar-refractivity contribution in [2.24, 2.45) is 4.99 Å². The smallest absolute Gasteiger partial charge is 0.286 e. The third-order valence-electron chi connectivity index (χ3n) is 6.34. The van der Waals surface area contributed by atoms with Crippen molar-refractivity contribution in [2.45, 2.75) is 19.3 Å². The van der Waals surface area contributed by atoms with E-state index in [9.17, 15) is 18.4 Å². The van der Waals surface area contributed by atoms with Gasteiger partial charge in [0.15, 0.2) is 11.0 Å². The molecule has 0 unspecified atom stereocenters. The van der Waals surface area contributed by atoms with Gasteiger partial charge in [-0.25, -0.2) is 8.78 Å². The maximum absolute atomic E-state index is 13.8. The maximum atomic E-state index is 13.8. The largest absolute Gasteiger partial charge is 0.351 e.